The molecule has 1 heterocycles. The molecule has 0 bridgehead atoms. The monoisotopic (exact) mass is 203 g/mol. The van der Waals surface area contributed by atoms with Crippen molar-refractivity contribution in [1.82, 2.24) is 4.98 Å². The number of fused-ring (bicyclic) bond motifs is 1. The minimum Gasteiger partial charge on any atom is -0.261 e. The maximum Gasteiger partial charge on any atom is 0.0435 e. The van der Waals surface area contributed by atoms with Crippen LogP contribution in [0.15, 0.2) is 12.3 Å². The molecule has 1 heteroatoms. The van der Waals surface area contributed by atoms with Crippen LogP contribution in [0.25, 0.3) is 0 Å². The number of hydrogen-bond acceptors (Lipinski definition) is 1. The lowest BCUT2D eigenvalue weighted by Gasteiger charge is -2.20. The van der Waals surface area contributed by atoms with Crippen molar-refractivity contribution in [3.8, 4) is 0 Å². The van der Waals surface area contributed by atoms with Crippen molar-refractivity contribution in [2.45, 2.75) is 58.3 Å². The summed E-state index contributed by atoms with van der Waals surface area (Å²) in [4.78, 5) is 4.65. The molecule has 0 atom stereocenters. The summed E-state index contributed by atoms with van der Waals surface area (Å²) in [5, 5.41) is 0. The first-order valence-electron chi connectivity index (χ1n) is 6.05. The van der Waals surface area contributed by atoms with E-state index >= 15 is 0 Å². The molecule has 1 aliphatic carbocycles. The third-order valence-electron chi connectivity index (χ3n) is 3.29. The Labute approximate surface area is 92.9 Å². The quantitative estimate of drug-likeness (QED) is 0.586. The van der Waals surface area contributed by atoms with E-state index in [1.165, 1.54) is 48.9 Å². The van der Waals surface area contributed by atoms with Gasteiger partial charge in [-0.2, -0.15) is 0 Å². The minimum absolute atomic E-state index is 0.230. The number of pyridine rings is 1. The molecule has 0 fully saturated rings. The van der Waals surface area contributed by atoms with Gasteiger partial charge in [-0.25, -0.2) is 0 Å². The van der Waals surface area contributed by atoms with Gasteiger partial charge >= 0.3 is 0 Å². The smallest absolute Gasteiger partial charge is 0.0435 e. The molecule has 82 valence electrons. The minimum atomic E-state index is 0.230. The van der Waals surface area contributed by atoms with Crippen LogP contribution in [0.3, 0.4) is 0 Å². The van der Waals surface area contributed by atoms with E-state index in [1.807, 2.05) is 0 Å². The Morgan fingerprint density at radius 2 is 1.80 bits per heavy atom. The van der Waals surface area contributed by atoms with Crippen LogP contribution in [0.2, 0.25) is 0 Å². The molecule has 15 heavy (non-hydrogen) atoms. The van der Waals surface area contributed by atoms with Crippen LogP contribution in [0.4, 0.5) is 0 Å². The number of aryl methyl sites for hydroxylation is 2. The van der Waals surface area contributed by atoms with Crippen molar-refractivity contribution in [3.63, 3.8) is 0 Å². The maximum absolute atomic E-state index is 4.65. The number of aromatic nitrogens is 1. The molecule has 1 aromatic heterocycles. The summed E-state index contributed by atoms with van der Waals surface area (Å²) in [6, 6.07) is 2.38. The first-order chi connectivity index (χ1) is 7.07. The normalized spacial score (nSPS) is 17.0. The summed E-state index contributed by atoms with van der Waals surface area (Å²) in [6.45, 7) is 6.77. The van der Waals surface area contributed by atoms with Crippen molar-refractivity contribution < 1.29 is 0 Å². The van der Waals surface area contributed by atoms with E-state index in [0.717, 1.165) is 0 Å². The summed E-state index contributed by atoms with van der Waals surface area (Å²) in [6.07, 6.45) is 8.49. The number of nitrogens with zero attached hydrogens (tertiary/aromatic N) is 1. The molecular weight excluding hydrogens is 182 g/mol. The highest BCUT2D eigenvalue weighted by Gasteiger charge is 2.17. The summed E-state index contributed by atoms with van der Waals surface area (Å²) in [5.41, 5.74) is 4.46. The zero-order valence-electron chi connectivity index (χ0n) is 10.1. The van der Waals surface area contributed by atoms with Gasteiger partial charge in [-0.05, 0) is 42.2 Å². The Morgan fingerprint density at radius 1 is 1.07 bits per heavy atom. The second kappa shape index (κ2) is 3.96. The van der Waals surface area contributed by atoms with E-state index in [2.05, 4.69) is 38.0 Å². The second-order valence-electron chi connectivity index (χ2n) is 5.64. The highest BCUT2D eigenvalue weighted by molar-refractivity contribution is 5.30. The SMILES string of the molecule is CC(C)(C)c1cnc2c(c1)CCCCC2. The highest BCUT2D eigenvalue weighted by atomic mass is 14.7. The van der Waals surface area contributed by atoms with Crippen LogP contribution >= 0.6 is 0 Å². The van der Waals surface area contributed by atoms with Crippen molar-refractivity contribution in [2.24, 2.45) is 0 Å². The van der Waals surface area contributed by atoms with Crippen LogP contribution in [0.5, 0.6) is 0 Å². The maximum atomic E-state index is 4.65. The van der Waals surface area contributed by atoms with E-state index in [1.54, 1.807) is 0 Å². The molecule has 1 aromatic rings. The molecule has 0 amide bonds. The van der Waals surface area contributed by atoms with Gasteiger partial charge in [0.05, 0.1) is 0 Å². The Morgan fingerprint density at radius 3 is 2.53 bits per heavy atom. The molecule has 0 saturated heterocycles. The van der Waals surface area contributed by atoms with Crippen molar-refractivity contribution in [1.29, 1.82) is 0 Å². The Bertz CT molecular complexity index is 347. The van der Waals surface area contributed by atoms with Gasteiger partial charge in [0.1, 0.15) is 0 Å². The molecule has 0 aliphatic heterocycles. The molecule has 0 aromatic carbocycles. The average Bonchev–Trinajstić information content (AvgIpc) is 2.39. The van der Waals surface area contributed by atoms with Gasteiger partial charge in [0.2, 0.25) is 0 Å². The lowest BCUT2D eigenvalue weighted by Crippen LogP contribution is -2.13. The summed E-state index contributed by atoms with van der Waals surface area (Å²) >= 11 is 0. The van der Waals surface area contributed by atoms with Crippen LogP contribution in [0.1, 0.15) is 56.9 Å². The van der Waals surface area contributed by atoms with Gasteiger partial charge in [0.15, 0.2) is 0 Å². The first-order valence-corrected chi connectivity index (χ1v) is 6.05. The summed E-state index contributed by atoms with van der Waals surface area (Å²) in [7, 11) is 0. The Balaban J connectivity index is 2.36. The van der Waals surface area contributed by atoms with Crippen molar-refractivity contribution in [3.05, 3.63) is 29.1 Å². The van der Waals surface area contributed by atoms with Gasteiger partial charge in [0, 0.05) is 11.9 Å². The second-order valence-corrected chi connectivity index (χ2v) is 5.64. The molecule has 2 rings (SSSR count). The van der Waals surface area contributed by atoms with E-state index in [9.17, 15) is 0 Å². The third kappa shape index (κ3) is 2.39. The third-order valence-corrected chi connectivity index (χ3v) is 3.29. The summed E-state index contributed by atoms with van der Waals surface area (Å²) in [5.74, 6) is 0. The van der Waals surface area contributed by atoms with Gasteiger partial charge in [-0.15, -0.1) is 0 Å². The zero-order chi connectivity index (χ0) is 10.9. The van der Waals surface area contributed by atoms with Gasteiger partial charge in [-0.3, -0.25) is 4.98 Å². The fourth-order valence-electron chi connectivity index (χ4n) is 2.18. The zero-order valence-corrected chi connectivity index (χ0v) is 10.1. The standard InChI is InChI=1S/C14H21N/c1-14(2,3)12-9-11-7-5-4-6-8-13(11)15-10-12/h9-10H,4-8H2,1-3H3. The topological polar surface area (TPSA) is 12.9 Å². The predicted molar refractivity (Wildman–Crippen MR) is 64.2 cm³/mol. The molecule has 0 spiro atoms. The van der Waals surface area contributed by atoms with Crippen LogP contribution in [-0.4, -0.2) is 4.98 Å². The molecule has 0 radical (unpaired) electrons. The average molecular weight is 203 g/mol. The largest absolute Gasteiger partial charge is 0.261 e. The van der Waals surface area contributed by atoms with E-state index in [4.69, 9.17) is 0 Å². The van der Waals surface area contributed by atoms with Crippen LogP contribution in [-0.2, 0) is 18.3 Å². The highest BCUT2D eigenvalue weighted by Crippen LogP contribution is 2.26. The summed E-state index contributed by atoms with van der Waals surface area (Å²) < 4.78 is 0. The predicted octanol–water partition coefficient (Wildman–Crippen LogP) is 3.65. The van der Waals surface area contributed by atoms with E-state index in [-0.39, 0.29) is 5.41 Å². The molecule has 0 saturated carbocycles. The van der Waals surface area contributed by atoms with Gasteiger partial charge in [-0.1, -0.05) is 33.3 Å². The molecule has 1 nitrogen and oxygen atoms in total. The first kappa shape index (κ1) is 10.7. The fourth-order valence-corrected chi connectivity index (χ4v) is 2.18. The molecule has 0 N–H and O–H groups in total. The Hall–Kier alpha value is -0.850. The number of rotatable bonds is 0. The van der Waals surface area contributed by atoms with Gasteiger partial charge in [0.25, 0.3) is 0 Å². The number of hydrogen-bond donors (Lipinski definition) is 0. The fraction of sp³-hybridized carbons (Fsp3) is 0.643. The van der Waals surface area contributed by atoms with Crippen LogP contribution < -0.4 is 0 Å². The van der Waals surface area contributed by atoms with E-state index < -0.39 is 0 Å². The van der Waals surface area contributed by atoms with Crippen molar-refractivity contribution in [2.75, 3.05) is 0 Å². The lowest BCUT2D eigenvalue weighted by molar-refractivity contribution is 0.585. The van der Waals surface area contributed by atoms with Crippen LogP contribution in [0, 0.1) is 0 Å². The lowest BCUT2D eigenvalue weighted by atomic mass is 9.87. The molecular formula is C14H21N. The molecule has 1 aliphatic rings. The van der Waals surface area contributed by atoms with E-state index in [0.29, 0.717) is 0 Å². The van der Waals surface area contributed by atoms with Gasteiger partial charge < -0.3 is 0 Å². The molecule has 0 unspecified atom stereocenters. The Kier molecular flexibility index (Phi) is 2.81. The van der Waals surface area contributed by atoms with Crippen molar-refractivity contribution >= 4 is 0 Å².